The SMILES string of the molecule is CCOP(=O)(Cn1c2ccccc2c(=O)c2ccccc21)OCC. The van der Waals surface area contributed by atoms with E-state index >= 15 is 0 Å². The van der Waals surface area contributed by atoms with E-state index in [2.05, 4.69) is 0 Å². The molecule has 5 nitrogen and oxygen atoms in total. The maximum absolute atomic E-state index is 13.0. The van der Waals surface area contributed by atoms with E-state index in [0.717, 1.165) is 11.0 Å². The summed E-state index contributed by atoms with van der Waals surface area (Å²) in [5.41, 5.74) is 1.42. The van der Waals surface area contributed by atoms with Crippen molar-refractivity contribution in [3.05, 3.63) is 58.8 Å². The summed E-state index contributed by atoms with van der Waals surface area (Å²) in [4.78, 5) is 12.7. The standard InChI is InChI=1S/C18H20NO4P/c1-3-22-24(21,23-4-2)13-19-16-11-7-5-9-14(16)18(20)15-10-6-8-12-17(15)19/h5-12H,3-4,13H2,1-2H3. The van der Waals surface area contributed by atoms with E-state index in [1.807, 2.05) is 41.0 Å². The molecule has 3 aromatic rings. The van der Waals surface area contributed by atoms with Crippen LogP contribution in [0.15, 0.2) is 53.3 Å². The van der Waals surface area contributed by atoms with Crippen molar-refractivity contribution in [3.8, 4) is 0 Å². The van der Waals surface area contributed by atoms with Gasteiger partial charge in [-0.2, -0.15) is 0 Å². The molecule has 0 spiro atoms. The van der Waals surface area contributed by atoms with Crippen molar-refractivity contribution in [2.24, 2.45) is 0 Å². The highest BCUT2D eigenvalue weighted by Gasteiger charge is 2.26. The minimum absolute atomic E-state index is 0.0277. The molecule has 0 saturated heterocycles. The number of benzene rings is 2. The Morgan fingerprint density at radius 2 is 1.33 bits per heavy atom. The Hall–Kier alpha value is -1.94. The average Bonchev–Trinajstić information content (AvgIpc) is 2.59. The van der Waals surface area contributed by atoms with Crippen LogP contribution < -0.4 is 5.43 Å². The van der Waals surface area contributed by atoms with Crippen molar-refractivity contribution in [2.75, 3.05) is 13.2 Å². The molecule has 0 aliphatic heterocycles. The number of rotatable bonds is 6. The molecule has 0 N–H and O–H groups in total. The number of hydrogen-bond donors (Lipinski definition) is 0. The van der Waals surface area contributed by atoms with E-state index in [9.17, 15) is 9.36 Å². The van der Waals surface area contributed by atoms with E-state index in [0.29, 0.717) is 24.0 Å². The Kier molecular flexibility index (Phi) is 4.86. The fourth-order valence-corrected chi connectivity index (χ4v) is 4.59. The molecule has 0 amide bonds. The molecule has 126 valence electrons. The Morgan fingerprint density at radius 1 is 0.875 bits per heavy atom. The van der Waals surface area contributed by atoms with Gasteiger partial charge in [0.25, 0.3) is 0 Å². The lowest BCUT2D eigenvalue weighted by Crippen LogP contribution is -2.13. The number of fused-ring (bicyclic) bond motifs is 2. The quantitative estimate of drug-likeness (QED) is 0.491. The zero-order valence-electron chi connectivity index (χ0n) is 13.8. The highest BCUT2D eigenvalue weighted by molar-refractivity contribution is 7.52. The first-order valence-electron chi connectivity index (χ1n) is 7.98. The topological polar surface area (TPSA) is 57.5 Å². The van der Waals surface area contributed by atoms with Crippen LogP contribution in [0, 0.1) is 0 Å². The van der Waals surface area contributed by atoms with Crippen LogP contribution in [0.5, 0.6) is 0 Å². The highest BCUT2D eigenvalue weighted by Crippen LogP contribution is 2.50. The molecule has 2 aromatic carbocycles. The minimum atomic E-state index is -3.30. The van der Waals surface area contributed by atoms with Gasteiger partial charge in [0, 0.05) is 10.8 Å². The smallest absolute Gasteiger partial charge is 0.328 e. The van der Waals surface area contributed by atoms with E-state index in [1.54, 1.807) is 26.0 Å². The lowest BCUT2D eigenvalue weighted by molar-refractivity contribution is 0.215. The van der Waals surface area contributed by atoms with Crippen LogP contribution in [-0.4, -0.2) is 17.8 Å². The second-order valence-electron chi connectivity index (χ2n) is 5.38. The molecule has 1 heterocycles. The zero-order chi connectivity index (χ0) is 17.2. The predicted octanol–water partition coefficient (Wildman–Crippen LogP) is 4.38. The van der Waals surface area contributed by atoms with Crippen molar-refractivity contribution in [2.45, 2.75) is 20.1 Å². The van der Waals surface area contributed by atoms with Crippen LogP contribution in [0.25, 0.3) is 21.8 Å². The molecule has 0 unspecified atom stereocenters. The summed E-state index contributed by atoms with van der Waals surface area (Å²) in [7, 11) is -3.30. The summed E-state index contributed by atoms with van der Waals surface area (Å²) in [6.07, 6.45) is 0.0655. The number of nitrogens with zero attached hydrogens (tertiary/aromatic N) is 1. The lowest BCUT2D eigenvalue weighted by atomic mass is 10.1. The maximum Gasteiger partial charge on any atom is 0.350 e. The largest absolute Gasteiger partial charge is 0.350 e. The number of pyridine rings is 1. The van der Waals surface area contributed by atoms with Crippen LogP contribution in [0.3, 0.4) is 0 Å². The molecule has 0 saturated carbocycles. The molecule has 24 heavy (non-hydrogen) atoms. The summed E-state index contributed by atoms with van der Waals surface area (Å²) >= 11 is 0. The van der Waals surface area contributed by atoms with Crippen LogP contribution in [0.4, 0.5) is 0 Å². The third-order valence-electron chi connectivity index (χ3n) is 3.85. The number of hydrogen-bond acceptors (Lipinski definition) is 4. The van der Waals surface area contributed by atoms with Gasteiger partial charge in [0.05, 0.1) is 24.2 Å². The molecule has 0 radical (unpaired) electrons. The third-order valence-corrected chi connectivity index (χ3v) is 5.78. The zero-order valence-corrected chi connectivity index (χ0v) is 14.7. The van der Waals surface area contributed by atoms with Gasteiger partial charge in [-0.3, -0.25) is 9.36 Å². The lowest BCUT2D eigenvalue weighted by Gasteiger charge is -2.21. The molecule has 0 aliphatic rings. The molecule has 0 aliphatic carbocycles. The Balaban J connectivity index is 2.30. The summed E-state index contributed by atoms with van der Waals surface area (Å²) in [5, 5.41) is 1.19. The summed E-state index contributed by atoms with van der Waals surface area (Å²) in [6, 6.07) is 14.6. The van der Waals surface area contributed by atoms with E-state index in [1.165, 1.54) is 0 Å². The normalized spacial score (nSPS) is 12.1. The fraction of sp³-hybridized carbons (Fsp3) is 0.278. The van der Waals surface area contributed by atoms with Crippen molar-refractivity contribution < 1.29 is 13.6 Å². The van der Waals surface area contributed by atoms with Crippen molar-refractivity contribution in [1.82, 2.24) is 4.57 Å². The van der Waals surface area contributed by atoms with Gasteiger partial charge in [-0.1, -0.05) is 24.3 Å². The Morgan fingerprint density at radius 3 is 1.79 bits per heavy atom. The van der Waals surface area contributed by atoms with Gasteiger partial charge in [-0.25, -0.2) is 0 Å². The summed E-state index contributed by atoms with van der Waals surface area (Å²) in [5.74, 6) is 0. The van der Waals surface area contributed by atoms with Gasteiger partial charge in [0.2, 0.25) is 0 Å². The van der Waals surface area contributed by atoms with E-state index in [4.69, 9.17) is 9.05 Å². The van der Waals surface area contributed by atoms with E-state index < -0.39 is 7.60 Å². The molecule has 1 aromatic heterocycles. The van der Waals surface area contributed by atoms with Crippen molar-refractivity contribution in [3.63, 3.8) is 0 Å². The second kappa shape index (κ2) is 6.89. The fourth-order valence-electron chi connectivity index (χ4n) is 2.91. The average molecular weight is 345 g/mol. The van der Waals surface area contributed by atoms with Gasteiger partial charge in [-0.15, -0.1) is 0 Å². The van der Waals surface area contributed by atoms with Gasteiger partial charge in [-0.05, 0) is 38.1 Å². The summed E-state index contributed by atoms with van der Waals surface area (Å²) in [6.45, 7) is 4.17. The van der Waals surface area contributed by atoms with Crippen molar-refractivity contribution in [1.29, 1.82) is 0 Å². The minimum Gasteiger partial charge on any atom is -0.328 e. The van der Waals surface area contributed by atoms with Gasteiger partial charge in [0.1, 0.15) is 6.29 Å². The molecule has 0 atom stereocenters. The second-order valence-corrected chi connectivity index (χ2v) is 7.40. The monoisotopic (exact) mass is 345 g/mol. The number of aromatic nitrogens is 1. The van der Waals surface area contributed by atoms with Crippen LogP contribution >= 0.6 is 7.60 Å². The molecule has 3 rings (SSSR count). The maximum atomic E-state index is 13.0. The van der Waals surface area contributed by atoms with Gasteiger partial charge < -0.3 is 13.6 Å². The van der Waals surface area contributed by atoms with E-state index in [-0.39, 0.29) is 11.7 Å². The van der Waals surface area contributed by atoms with Gasteiger partial charge >= 0.3 is 7.60 Å². The molecular weight excluding hydrogens is 325 g/mol. The van der Waals surface area contributed by atoms with Gasteiger partial charge in [0.15, 0.2) is 5.43 Å². The van der Waals surface area contributed by atoms with Crippen molar-refractivity contribution >= 4 is 29.4 Å². The number of para-hydroxylation sites is 2. The molecular formula is C18H20NO4P. The third kappa shape index (κ3) is 3.03. The molecule has 0 bridgehead atoms. The highest BCUT2D eigenvalue weighted by atomic mass is 31.2. The summed E-state index contributed by atoms with van der Waals surface area (Å²) < 4.78 is 25.7. The first kappa shape index (κ1) is 16.9. The van der Waals surface area contributed by atoms with Crippen LogP contribution in [-0.2, 0) is 19.9 Å². The molecule has 6 heteroatoms. The first-order valence-corrected chi connectivity index (χ1v) is 9.71. The Bertz CT molecular complexity index is 910. The predicted molar refractivity (Wildman–Crippen MR) is 96.6 cm³/mol. The Labute approximate surface area is 140 Å². The van der Waals surface area contributed by atoms with Crippen LogP contribution in [0.2, 0.25) is 0 Å². The van der Waals surface area contributed by atoms with Crippen LogP contribution in [0.1, 0.15) is 13.8 Å². The molecule has 0 fully saturated rings. The first-order chi connectivity index (χ1) is 11.6.